The van der Waals surface area contributed by atoms with Crippen molar-refractivity contribution in [3.8, 4) is 0 Å². The van der Waals surface area contributed by atoms with E-state index in [1.165, 1.54) is 28.2 Å². The number of aryl methyl sites for hydroxylation is 3. The molecule has 0 aromatic carbocycles. The second kappa shape index (κ2) is 4.78. The standard InChI is InChI=1S/C15H20N4/c1-10-6-11(2)17-15(10)9-19-5-4-14-13(8-19)7-16-12(3)18-14/h6-7,17H,4-5,8-9H2,1-3H3. The molecule has 0 unspecified atom stereocenters. The van der Waals surface area contributed by atoms with Gasteiger partial charge in [-0.2, -0.15) is 0 Å². The Morgan fingerprint density at radius 1 is 1.32 bits per heavy atom. The minimum atomic E-state index is 0.878. The van der Waals surface area contributed by atoms with Crippen molar-refractivity contribution < 1.29 is 0 Å². The molecular weight excluding hydrogens is 236 g/mol. The molecule has 3 heterocycles. The highest BCUT2D eigenvalue weighted by atomic mass is 15.1. The van der Waals surface area contributed by atoms with E-state index in [1.807, 2.05) is 13.1 Å². The molecule has 1 N–H and O–H groups in total. The van der Waals surface area contributed by atoms with Crippen molar-refractivity contribution >= 4 is 0 Å². The van der Waals surface area contributed by atoms with Crippen LogP contribution in [0.15, 0.2) is 12.3 Å². The van der Waals surface area contributed by atoms with Gasteiger partial charge in [-0.25, -0.2) is 9.97 Å². The Morgan fingerprint density at radius 3 is 2.89 bits per heavy atom. The van der Waals surface area contributed by atoms with Crippen LogP contribution in [0.2, 0.25) is 0 Å². The molecule has 19 heavy (non-hydrogen) atoms. The van der Waals surface area contributed by atoms with Crippen LogP contribution in [-0.2, 0) is 19.5 Å². The maximum atomic E-state index is 4.53. The van der Waals surface area contributed by atoms with Crippen molar-refractivity contribution in [2.75, 3.05) is 6.54 Å². The highest BCUT2D eigenvalue weighted by Crippen LogP contribution is 2.19. The van der Waals surface area contributed by atoms with E-state index in [9.17, 15) is 0 Å². The molecule has 1 aliphatic rings. The van der Waals surface area contributed by atoms with E-state index < -0.39 is 0 Å². The summed E-state index contributed by atoms with van der Waals surface area (Å²) in [4.78, 5) is 14.8. The Morgan fingerprint density at radius 2 is 2.16 bits per heavy atom. The SMILES string of the molecule is Cc1ncc2c(n1)CCN(Cc1[nH]c(C)cc1C)C2. The van der Waals surface area contributed by atoms with E-state index in [2.05, 4.69) is 39.8 Å². The Hall–Kier alpha value is -1.68. The molecule has 0 aliphatic carbocycles. The first-order valence-corrected chi connectivity index (χ1v) is 6.80. The molecule has 0 saturated carbocycles. The van der Waals surface area contributed by atoms with Gasteiger partial charge in [0.25, 0.3) is 0 Å². The quantitative estimate of drug-likeness (QED) is 0.896. The van der Waals surface area contributed by atoms with Crippen LogP contribution in [0.4, 0.5) is 0 Å². The molecule has 0 radical (unpaired) electrons. The zero-order chi connectivity index (χ0) is 13.4. The van der Waals surface area contributed by atoms with Crippen LogP contribution >= 0.6 is 0 Å². The van der Waals surface area contributed by atoms with Gasteiger partial charge in [-0.1, -0.05) is 0 Å². The third-order valence-corrected chi connectivity index (χ3v) is 3.77. The molecule has 4 heteroatoms. The number of aromatic amines is 1. The van der Waals surface area contributed by atoms with Crippen LogP contribution in [0.3, 0.4) is 0 Å². The topological polar surface area (TPSA) is 44.8 Å². The van der Waals surface area contributed by atoms with Gasteiger partial charge in [-0.15, -0.1) is 0 Å². The lowest BCUT2D eigenvalue weighted by molar-refractivity contribution is 0.239. The monoisotopic (exact) mass is 256 g/mol. The van der Waals surface area contributed by atoms with Crippen molar-refractivity contribution in [3.63, 3.8) is 0 Å². The predicted octanol–water partition coefficient (Wildman–Crippen LogP) is 2.29. The van der Waals surface area contributed by atoms with Crippen LogP contribution in [0, 0.1) is 20.8 Å². The molecule has 0 bridgehead atoms. The molecule has 0 spiro atoms. The molecule has 4 nitrogen and oxygen atoms in total. The third-order valence-electron chi connectivity index (χ3n) is 3.77. The lowest BCUT2D eigenvalue weighted by Gasteiger charge is -2.27. The number of rotatable bonds is 2. The molecule has 0 amide bonds. The van der Waals surface area contributed by atoms with Crippen molar-refractivity contribution in [1.29, 1.82) is 0 Å². The second-order valence-corrected chi connectivity index (χ2v) is 5.46. The highest BCUT2D eigenvalue weighted by Gasteiger charge is 2.18. The van der Waals surface area contributed by atoms with Gasteiger partial charge in [0.2, 0.25) is 0 Å². The molecular formula is C15H20N4. The zero-order valence-corrected chi connectivity index (χ0v) is 11.8. The fraction of sp³-hybridized carbons (Fsp3) is 0.467. The van der Waals surface area contributed by atoms with Gasteiger partial charge in [0.1, 0.15) is 5.82 Å². The van der Waals surface area contributed by atoms with Crippen molar-refractivity contribution in [3.05, 3.63) is 46.3 Å². The van der Waals surface area contributed by atoms with E-state index in [0.717, 1.165) is 31.9 Å². The maximum absolute atomic E-state index is 4.53. The van der Waals surface area contributed by atoms with Gasteiger partial charge < -0.3 is 4.98 Å². The Balaban J connectivity index is 1.75. The van der Waals surface area contributed by atoms with Crippen LogP contribution in [-0.4, -0.2) is 26.4 Å². The summed E-state index contributed by atoms with van der Waals surface area (Å²) < 4.78 is 0. The average Bonchev–Trinajstić information content (AvgIpc) is 2.68. The molecule has 0 fully saturated rings. The van der Waals surface area contributed by atoms with Gasteiger partial charge in [-0.3, -0.25) is 4.90 Å². The van der Waals surface area contributed by atoms with Crippen LogP contribution < -0.4 is 0 Å². The fourth-order valence-corrected chi connectivity index (χ4v) is 2.78. The van der Waals surface area contributed by atoms with Gasteiger partial charge in [0.15, 0.2) is 0 Å². The first kappa shape index (κ1) is 12.4. The Bertz CT molecular complexity index is 600. The zero-order valence-electron chi connectivity index (χ0n) is 11.8. The highest BCUT2D eigenvalue weighted by molar-refractivity contribution is 5.25. The van der Waals surface area contributed by atoms with Gasteiger partial charge in [-0.05, 0) is 32.4 Å². The number of fused-ring (bicyclic) bond motifs is 1. The average molecular weight is 256 g/mol. The van der Waals surface area contributed by atoms with E-state index in [1.54, 1.807) is 0 Å². The largest absolute Gasteiger partial charge is 0.361 e. The summed E-state index contributed by atoms with van der Waals surface area (Å²) in [6.07, 6.45) is 3.01. The van der Waals surface area contributed by atoms with Gasteiger partial charge in [0, 0.05) is 54.9 Å². The number of aromatic nitrogens is 3. The van der Waals surface area contributed by atoms with Gasteiger partial charge >= 0.3 is 0 Å². The summed E-state index contributed by atoms with van der Waals surface area (Å²) in [5.41, 5.74) is 6.42. The predicted molar refractivity (Wildman–Crippen MR) is 74.9 cm³/mol. The number of hydrogen-bond acceptors (Lipinski definition) is 3. The second-order valence-electron chi connectivity index (χ2n) is 5.46. The minimum Gasteiger partial charge on any atom is -0.361 e. The minimum absolute atomic E-state index is 0.878. The van der Waals surface area contributed by atoms with Crippen molar-refractivity contribution in [2.24, 2.45) is 0 Å². The van der Waals surface area contributed by atoms with E-state index in [4.69, 9.17) is 0 Å². The van der Waals surface area contributed by atoms with Gasteiger partial charge in [0.05, 0.1) is 0 Å². The molecule has 0 atom stereocenters. The van der Waals surface area contributed by atoms with Crippen LogP contribution in [0.1, 0.15) is 34.0 Å². The maximum Gasteiger partial charge on any atom is 0.125 e. The lowest BCUT2D eigenvalue weighted by Crippen LogP contribution is -2.31. The summed E-state index contributed by atoms with van der Waals surface area (Å²) in [6, 6.07) is 2.21. The Kier molecular flexibility index (Phi) is 3.11. The summed E-state index contributed by atoms with van der Waals surface area (Å²) in [6.45, 7) is 9.24. The number of nitrogens with zero attached hydrogens (tertiary/aromatic N) is 3. The number of hydrogen-bond donors (Lipinski definition) is 1. The third kappa shape index (κ3) is 2.54. The molecule has 2 aromatic rings. The smallest absolute Gasteiger partial charge is 0.125 e. The van der Waals surface area contributed by atoms with Crippen molar-refractivity contribution in [1.82, 2.24) is 19.9 Å². The molecule has 0 saturated heterocycles. The first-order valence-electron chi connectivity index (χ1n) is 6.80. The molecule has 2 aromatic heterocycles. The van der Waals surface area contributed by atoms with Crippen molar-refractivity contribution in [2.45, 2.75) is 40.3 Å². The Labute approximate surface area is 113 Å². The number of nitrogens with one attached hydrogen (secondary N) is 1. The molecule has 3 rings (SSSR count). The van der Waals surface area contributed by atoms with Crippen LogP contribution in [0.5, 0.6) is 0 Å². The lowest BCUT2D eigenvalue weighted by atomic mass is 10.1. The summed E-state index contributed by atoms with van der Waals surface area (Å²) in [5, 5.41) is 0. The summed E-state index contributed by atoms with van der Waals surface area (Å²) in [5.74, 6) is 0.878. The van der Waals surface area contributed by atoms with Crippen LogP contribution in [0.25, 0.3) is 0 Å². The fourth-order valence-electron chi connectivity index (χ4n) is 2.78. The van der Waals surface area contributed by atoms with E-state index >= 15 is 0 Å². The number of H-pyrrole nitrogens is 1. The normalized spacial score (nSPS) is 15.5. The van der Waals surface area contributed by atoms with E-state index in [0.29, 0.717) is 0 Å². The summed E-state index contributed by atoms with van der Waals surface area (Å²) in [7, 11) is 0. The molecule has 100 valence electrons. The summed E-state index contributed by atoms with van der Waals surface area (Å²) >= 11 is 0. The molecule has 1 aliphatic heterocycles. The van der Waals surface area contributed by atoms with E-state index in [-0.39, 0.29) is 0 Å². The first-order chi connectivity index (χ1) is 9.11.